The summed E-state index contributed by atoms with van der Waals surface area (Å²) in [6, 6.07) is 12.5. The molecule has 0 spiro atoms. The molecule has 1 unspecified atom stereocenters. The molecule has 0 bridgehead atoms. The highest BCUT2D eigenvalue weighted by Crippen LogP contribution is 2.23. The van der Waals surface area contributed by atoms with Crippen molar-refractivity contribution in [1.29, 1.82) is 0 Å². The topological polar surface area (TPSA) is 72.2 Å². The van der Waals surface area contributed by atoms with Crippen molar-refractivity contribution in [2.45, 2.75) is 24.8 Å². The molecular formula is C15H20N2O2S. The van der Waals surface area contributed by atoms with Gasteiger partial charge in [-0.05, 0) is 17.4 Å². The van der Waals surface area contributed by atoms with Gasteiger partial charge >= 0.3 is 0 Å². The van der Waals surface area contributed by atoms with E-state index in [-0.39, 0.29) is 18.5 Å². The van der Waals surface area contributed by atoms with Crippen molar-refractivity contribution in [1.82, 2.24) is 4.72 Å². The summed E-state index contributed by atoms with van der Waals surface area (Å²) in [6.45, 7) is 4.17. The van der Waals surface area contributed by atoms with Crippen LogP contribution in [0.2, 0.25) is 0 Å². The van der Waals surface area contributed by atoms with Crippen LogP contribution < -0.4 is 10.5 Å². The third-order valence-corrected chi connectivity index (χ3v) is 4.95. The van der Waals surface area contributed by atoms with Crippen molar-refractivity contribution in [3.63, 3.8) is 0 Å². The monoisotopic (exact) mass is 292 g/mol. The van der Waals surface area contributed by atoms with Crippen LogP contribution in [0.4, 0.5) is 0 Å². The van der Waals surface area contributed by atoms with Crippen LogP contribution in [0.5, 0.6) is 0 Å². The zero-order chi connectivity index (χ0) is 14.8. The lowest BCUT2D eigenvalue weighted by molar-refractivity contribution is 0.455. The van der Waals surface area contributed by atoms with Crippen LogP contribution in [0, 0.1) is 5.92 Å². The molecule has 0 aromatic heterocycles. The average molecular weight is 292 g/mol. The van der Waals surface area contributed by atoms with Gasteiger partial charge in [0, 0.05) is 18.0 Å². The highest BCUT2D eigenvalue weighted by molar-refractivity contribution is 7.89. The molecule has 0 radical (unpaired) electrons. The first kappa shape index (κ1) is 15.0. The fourth-order valence-corrected chi connectivity index (χ4v) is 3.78. The predicted molar refractivity (Wildman–Crippen MR) is 81.9 cm³/mol. The van der Waals surface area contributed by atoms with Gasteiger partial charge in [-0.1, -0.05) is 50.2 Å². The number of nitrogens with one attached hydrogen (secondary N) is 1. The Balaban J connectivity index is 2.47. The number of hydrogen-bond acceptors (Lipinski definition) is 3. The first-order valence-electron chi connectivity index (χ1n) is 6.66. The second-order valence-corrected chi connectivity index (χ2v) is 6.87. The minimum absolute atomic E-state index is 0.143. The molecule has 0 aliphatic rings. The third kappa shape index (κ3) is 3.00. The molecule has 0 saturated carbocycles. The Morgan fingerprint density at radius 1 is 1.10 bits per heavy atom. The molecule has 0 saturated heterocycles. The smallest absolute Gasteiger partial charge is 0.241 e. The Morgan fingerprint density at radius 2 is 1.75 bits per heavy atom. The van der Waals surface area contributed by atoms with E-state index < -0.39 is 10.0 Å². The number of fused-ring (bicyclic) bond motifs is 1. The van der Waals surface area contributed by atoms with Gasteiger partial charge < -0.3 is 5.73 Å². The van der Waals surface area contributed by atoms with E-state index in [2.05, 4.69) is 4.72 Å². The lowest BCUT2D eigenvalue weighted by atomic mass is 10.1. The predicted octanol–water partition coefficient (Wildman–Crippen LogP) is 2.10. The zero-order valence-corrected chi connectivity index (χ0v) is 12.5. The number of rotatable bonds is 5. The van der Waals surface area contributed by atoms with Crippen molar-refractivity contribution in [3.8, 4) is 0 Å². The van der Waals surface area contributed by atoms with Crippen LogP contribution in [0.25, 0.3) is 10.8 Å². The summed E-state index contributed by atoms with van der Waals surface area (Å²) >= 11 is 0. The van der Waals surface area contributed by atoms with Crippen molar-refractivity contribution < 1.29 is 8.42 Å². The Kier molecular flexibility index (Phi) is 4.42. The molecule has 5 heteroatoms. The van der Waals surface area contributed by atoms with Gasteiger partial charge in [0.05, 0.1) is 4.90 Å². The maximum absolute atomic E-state index is 12.6. The van der Waals surface area contributed by atoms with Crippen molar-refractivity contribution in [3.05, 3.63) is 42.5 Å². The summed E-state index contributed by atoms with van der Waals surface area (Å²) < 4.78 is 27.8. The normalized spacial score (nSPS) is 13.8. The van der Waals surface area contributed by atoms with Crippen molar-refractivity contribution in [2.24, 2.45) is 11.7 Å². The molecule has 2 aromatic rings. The summed E-state index contributed by atoms with van der Waals surface area (Å²) in [5, 5.41) is 1.63. The van der Waals surface area contributed by atoms with E-state index in [1.54, 1.807) is 12.1 Å². The van der Waals surface area contributed by atoms with Crippen LogP contribution in [0.1, 0.15) is 13.8 Å². The van der Waals surface area contributed by atoms with Crippen molar-refractivity contribution >= 4 is 20.8 Å². The fraction of sp³-hybridized carbons (Fsp3) is 0.333. The molecular weight excluding hydrogens is 272 g/mol. The van der Waals surface area contributed by atoms with Crippen LogP contribution in [0.15, 0.2) is 47.4 Å². The number of nitrogens with two attached hydrogens (primary N) is 1. The molecule has 3 N–H and O–H groups in total. The number of sulfonamides is 1. The molecule has 0 aliphatic carbocycles. The molecule has 20 heavy (non-hydrogen) atoms. The minimum atomic E-state index is -3.57. The number of hydrogen-bond donors (Lipinski definition) is 2. The first-order chi connectivity index (χ1) is 9.45. The second-order valence-electron chi connectivity index (χ2n) is 5.18. The van der Waals surface area contributed by atoms with E-state index in [1.807, 2.05) is 44.2 Å². The minimum Gasteiger partial charge on any atom is -0.329 e. The SMILES string of the molecule is CC(C)C(CN)NS(=O)(=O)c1cccc2ccccc12. The maximum Gasteiger partial charge on any atom is 0.241 e. The third-order valence-electron chi connectivity index (χ3n) is 3.40. The average Bonchev–Trinajstić information content (AvgIpc) is 2.43. The van der Waals surface area contributed by atoms with E-state index >= 15 is 0 Å². The largest absolute Gasteiger partial charge is 0.329 e. The number of benzene rings is 2. The van der Waals surface area contributed by atoms with Gasteiger partial charge in [0.2, 0.25) is 10.0 Å². The van der Waals surface area contributed by atoms with Crippen molar-refractivity contribution in [2.75, 3.05) is 6.54 Å². The maximum atomic E-state index is 12.6. The van der Waals surface area contributed by atoms with E-state index in [1.165, 1.54) is 0 Å². The quantitative estimate of drug-likeness (QED) is 0.886. The molecule has 0 heterocycles. The standard InChI is InChI=1S/C15H20N2O2S/c1-11(2)14(10-16)17-20(18,19)15-9-5-7-12-6-3-4-8-13(12)15/h3-9,11,14,17H,10,16H2,1-2H3. The summed E-state index contributed by atoms with van der Waals surface area (Å²) in [5.74, 6) is 0.143. The molecule has 0 amide bonds. The van der Waals surface area contributed by atoms with E-state index in [9.17, 15) is 8.42 Å². The molecule has 2 aromatic carbocycles. The Morgan fingerprint density at radius 3 is 2.40 bits per heavy atom. The van der Waals surface area contributed by atoms with E-state index in [0.717, 1.165) is 10.8 Å². The van der Waals surface area contributed by atoms with Gasteiger partial charge in [0.25, 0.3) is 0 Å². The summed E-state index contributed by atoms with van der Waals surface area (Å²) in [6.07, 6.45) is 0. The van der Waals surface area contributed by atoms with Crippen LogP contribution >= 0.6 is 0 Å². The van der Waals surface area contributed by atoms with Gasteiger partial charge in [-0.25, -0.2) is 13.1 Å². The summed E-state index contributed by atoms with van der Waals surface area (Å²) in [5.41, 5.74) is 5.64. The summed E-state index contributed by atoms with van der Waals surface area (Å²) in [4.78, 5) is 0.301. The Bertz CT molecular complexity index is 691. The second kappa shape index (κ2) is 5.91. The Labute approximate surface area is 120 Å². The van der Waals surface area contributed by atoms with E-state index in [0.29, 0.717) is 4.90 Å². The highest BCUT2D eigenvalue weighted by Gasteiger charge is 2.22. The van der Waals surface area contributed by atoms with Gasteiger partial charge in [-0.3, -0.25) is 0 Å². The lowest BCUT2D eigenvalue weighted by Crippen LogP contribution is -2.43. The van der Waals surface area contributed by atoms with Crippen LogP contribution in [0.3, 0.4) is 0 Å². The fourth-order valence-electron chi connectivity index (χ4n) is 2.15. The molecule has 0 aliphatic heterocycles. The van der Waals surface area contributed by atoms with Gasteiger partial charge in [0.15, 0.2) is 0 Å². The van der Waals surface area contributed by atoms with E-state index in [4.69, 9.17) is 5.73 Å². The molecule has 108 valence electrons. The van der Waals surface area contributed by atoms with Gasteiger partial charge in [0.1, 0.15) is 0 Å². The zero-order valence-electron chi connectivity index (χ0n) is 11.7. The van der Waals surface area contributed by atoms with Crippen LogP contribution in [-0.4, -0.2) is 21.0 Å². The molecule has 0 fully saturated rings. The van der Waals surface area contributed by atoms with Gasteiger partial charge in [-0.15, -0.1) is 0 Å². The molecule has 4 nitrogen and oxygen atoms in total. The highest BCUT2D eigenvalue weighted by atomic mass is 32.2. The van der Waals surface area contributed by atoms with Gasteiger partial charge in [-0.2, -0.15) is 0 Å². The first-order valence-corrected chi connectivity index (χ1v) is 8.14. The lowest BCUT2D eigenvalue weighted by Gasteiger charge is -2.21. The molecule has 2 rings (SSSR count). The Hall–Kier alpha value is -1.43. The van der Waals surface area contributed by atoms with Crippen LogP contribution in [-0.2, 0) is 10.0 Å². The molecule has 1 atom stereocenters. The summed E-state index contributed by atoms with van der Waals surface area (Å²) in [7, 11) is -3.57.